The lowest BCUT2D eigenvalue weighted by molar-refractivity contribution is -0.262. The van der Waals surface area contributed by atoms with Crippen molar-refractivity contribution in [2.45, 2.75) is 31.5 Å². The Morgan fingerprint density at radius 3 is 2.52 bits per heavy atom. The van der Waals surface area contributed by atoms with Crippen molar-refractivity contribution < 1.29 is 25.0 Å². The standard InChI is InChI=1S/C16H23N2O5/c1-2-7-17-14(21)8-12-3-5-13(6-4-12)15-18(22)16(9-19,10-20)11-23-15/h3-6,15,19-20H,2,7-11H2,1H3,(H,17,21). The number of hydroxylamine groups is 2. The molecule has 1 amide bonds. The number of benzene rings is 1. The Morgan fingerprint density at radius 2 is 2.00 bits per heavy atom. The van der Waals surface area contributed by atoms with E-state index in [-0.39, 0.29) is 18.9 Å². The summed E-state index contributed by atoms with van der Waals surface area (Å²) in [5, 5.41) is 34.4. The highest BCUT2D eigenvalue weighted by atomic mass is 16.6. The van der Waals surface area contributed by atoms with Crippen LogP contribution in [0.4, 0.5) is 0 Å². The first-order chi connectivity index (χ1) is 11.1. The molecule has 2 rings (SSSR count). The minimum Gasteiger partial charge on any atom is -0.394 e. The van der Waals surface area contributed by atoms with Gasteiger partial charge in [-0.05, 0) is 17.5 Å². The summed E-state index contributed by atoms with van der Waals surface area (Å²) in [5.74, 6) is -0.0401. The highest BCUT2D eigenvalue weighted by molar-refractivity contribution is 5.78. The van der Waals surface area contributed by atoms with Crippen LogP contribution in [0, 0.1) is 0 Å². The number of hydrogen-bond donors (Lipinski definition) is 3. The van der Waals surface area contributed by atoms with Gasteiger partial charge < -0.3 is 20.3 Å². The van der Waals surface area contributed by atoms with E-state index in [2.05, 4.69) is 5.32 Å². The summed E-state index contributed by atoms with van der Waals surface area (Å²) in [6.07, 6.45) is 0.308. The van der Waals surface area contributed by atoms with Crippen molar-refractivity contribution >= 4 is 5.91 Å². The number of nitrogens with one attached hydrogen (secondary N) is 1. The predicted molar refractivity (Wildman–Crippen MR) is 81.6 cm³/mol. The number of nitrogens with zero attached hydrogens (tertiary/aromatic N) is 1. The van der Waals surface area contributed by atoms with Crippen molar-refractivity contribution in [1.29, 1.82) is 0 Å². The molecule has 1 heterocycles. The Bertz CT molecular complexity index is 516. The molecule has 0 aliphatic carbocycles. The largest absolute Gasteiger partial charge is 0.394 e. The van der Waals surface area contributed by atoms with E-state index in [0.717, 1.165) is 12.0 Å². The first-order valence-electron chi connectivity index (χ1n) is 7.71. The van der Waals surface area contributed by atoms with Crippen LogP contribution in [0.25, 0.3) is 0 Å². The van der Waals surface area contributed by atoms with E-state index in [1.54, 1.807) is 24.3 Å². The molecule has 1 aromatic carbocycles. The SMILES string of the molecule is CCCNC(=O)Cc1ccc(C2OCC(CO)(CO)N2[O])cc1. The topological polar surface area (TPSA) is 102 Å². The Hall–Kier alpha value is -1.51. The summed E-state index contributed by atoms with van der Waals surface area (Å²) in [6, 6.07) is 7.00. The van der Waals surface area contributed by atoms with Crippen molar-refractivity contribution in [3.63, 3.8) is 0 Å². The number of ether oxygens (including phenoxy) is 1. The average Bonchev–Trinajstić information content (AvgIpc) is 2.91. The normalized spacial score (nSPS) is 20.6. The van der Waals surface area contributed by atoms with Gasteiger partial charge in [0.25, 0.3) is 0 Å². The van der Waals surface area contributed by atoms with E-state index in [9.17, 15) is 20.2 Å². The van der Waals surface area contributed by atoms with Crippen LogP contribution < -0.4 is 5.32 Å². The van der Waals surface area contributed by atoms with Crippen molar-refractivity contribution in [2.75, 3.05) is 26.4 Å². The number of aliphatic hydroxyl groups is 2. The first-order valence-corrected chi connectivity index (χ1v) is 7.71. The lowest BCUT2D eigenvalue weighted by Crippen LogP contribution is -2.50. The Labute approximate surface area is 135 Å². The molecule has 1 aliphatic heterocycles. The second-order valence-corrected chi connectivity index (χ2v) is 5.80. The van der Waals surface area contributed by atoms with Gasteiger partial charge in [0.05, 0.1) is 26.2 Å². The van der Waals surface area contributed by atoms with Crippen LogP contribution in [0.15, 0.2) is 24.3 Å². The Balaban J connectivity index is 2.01. The van der Waals surface area contributed by atoms with Gasteiger partial charge in [-0.25, -0.2) is 0 Å². The first kappa shape index (κ1) is 17.8. The zero-order valence-corrected chi connectivity index (χ0v) is 13.2. The average molecular weight is 323 g/mol. The third kappa shape index (κ3) is 3.88. The fourth-order valence-electron chi connectivity index (χ4n) is 2.44. The van der Waals surface area contributed by atoms with E-state index in [1.807, 2.05) is 6.92 Å². The van der Waals surface area contributed by atoms with Gasteiger partial charge in [-0.2, -0.15) is 0 Å². The predicted octanol–water partition coefficient (Wildman–Crippen LogP) is 0.155. The van der Waals surface area contributed by atoms with Gasteiger partial charge >= 0.3 is 0 Å². The molecule has 127 valence electrons. The molecule has 1 atom stereocenters. The number of hydrogen-bond acceptors (Lipinski definition) is 5. The van der Waals surface area contributed by atoms with Crippen molar-refractivity contribution in [3.8, 4) is 0 Å². The zero-order valence-electron chi connectivity index (χ0n) is 13.2. The van der Waals surface area contributed by atoms with Crippen LogP contribution in [0.5, 0.6) is 0 Å². The van der Waals surface area contributed by atoms with Gasteiger partial charge in [-0.3, -0.25) is 4.79 Å². The molecule has 3 N–H and O–H groups in total. The number of rotatable bonds is 7. The van der Waals surface area contributed by atoms with Crippen LogP contribution in [-0.2, 0) is 21.2 Å². The third-order valence-electron chi connectivity index (χ3n) is 3.98. The fraction of sp³-hybridized carbons (Fsp3) is 0.562. The van der Waals surface area contributed by atoms with Crippen LogP contribution in [0.3, 0.4) is 0 Å². The highest BCUT2D eigenvalue weighted by Gasteiger charge is 2.48. The molecule has 0 aromatic heterocycles. The lowest BCUT2D eigenvalue weighted by atomic mass is 10.0. The molecule has 1 radical (unpaired) electrons. The quantitative estimate of drug-likeness (QED) is 0.663. The molecule has 1 aromatic rings. The number of carbonyl (C=O) groups excluding carboxylic acids is 1. The minimum absolute atomic E-state index is 0.0324. The van der Waals surface area contributed by atoms with Gasteiger partial charge in [0, 0.05) is 6.54 Å². The maximum absolute atomic E-state index is 12.3. The van der Waals surface area contributed by atoms with E-state index >= 15 is 0 Å². The summed E-state index contributed by atoms with van der Waals surface area (Å²) in [6.45, 7) is 1.67. The van der Waals surface area contributed by atoms with Crippen molar-refractivity contribution in [2.24, 2.45) is 0 Å². The fourth-order valence-corrected chi connectivity index (χ4v) is 2.44. The minimum atomic E-state index is -1.30. The van der Waals surface area contributed by atoms with Gasteiger partial charge in [0.1, 0.15) is 5.54 Å². The summed E-state index contributed by atoms with van der Waals surface area (Å²) in [5.41, 5.74) is 0.165. The molecular weight excluding hydrogens is 300 g/mol. The Morgan fingerprint density at radius 1 is 1.35 bits per heavy atom. The molecule has 7 nitrogen and oxygen atoms in total. The summed E-state index contributed by atoms with van der Waals surface area (Å²) >= 11 is 0. The lowest BCUT2D eigenvalue weighted by Gasteiger charge is -2.28. The number of amides is 1. The molecule has 1 aliphatic rings. The van der Waals surface area contributed by atoms with E-state index in [1.165, 1.54) is 0 Å². The molecule has 0 spiro atoms. The van der Waals surface area contributed by atoms with E-state index < -0.39 is 25.0 Å². The second-order valence-electron chi connectivity index (χ2n) is 5.80. The van der Waals surface area contributed by atoms with E-state index in [0.29, 0.717) is 17.2 Å². The summed E-state index contributed by atoms with van der Waals surface area (Å²) in [4.78, 5) is 11.7. The molecule has 23 heavy (non-hydrogen) atoms. The second kappa shape index (κ2) is 7.85. The van der Waals surface area contributed by atoms with Gasteiger partial charge in [-0.15, -0.1) is 10.3 Å². The van der Waals surface area contributed by atoms with Gasteiger partial charge in [0.15, 0.2) is 6.23 Å². The number of carbonyl (C=O) groups is 1. The monoisotopic (exact) mass is 323 g/mol. The number of aliphatic hydroxyl groups excluding tert-OH is 2. The van der Waals surface area contributed by atoms with Gasteiger partial charge in [0.2, 0.25) is 5.91 Å². The summed E-state index contributed by atoms with van der Waals surface area (Å²) in [7, 11) is 0. The molecule has 0 saturated carbocycles. The van der Waals surface area contributed by atoms with Crippen LogP contribution in [-0.4, -0.2) is 53.1 Å². The van der Waals surface area contributed by atoms with E-state index in [4.69, 9.17) is 4.74 Å². The van der Waals surface area contributed by atoms with Crippen LogP contribution in [0.2, 0.25) is 0 Å². The molecular formula is C16H23N2O5. The highest BCUT2D eigenvalue weighted by Crippen LogP contribution is 2.35. The smallest absolute Gasteiger partial charge is 0.224 e. The zero-order chi connectivity index (χ0) is 16.9. The molecule has 7 heteroatoms. The molecule has 1 fully saturated rings. The molecule has 1 unspecified atom stereocenters. The third-order valence-corrected chi connectivity index (χ3v) is 3.98. The maximum atomic E-state index is 12.3. The maximum Gasteiger partial charge on any atom is 0.224 e. The molecule has 0 bridgehead atoms. The van der Waals surface area contributed by atoms with Gasteiger partial charge in [-0.1, -0.05) is 31.2 Å². The van der Waals surface area contributed by atoms with Crippen molar-refractivity contribution in [1.82, 2.24) is 10.4 Å². The Kier molecular flexibility index (Phi) is 6.09. The molecule has 1 saturated heterocycles. The summed E-state index contributed by atoms with van der Waals surface area (Å²) < 4.78 is 5.44. The van der Waals surface area contributed by atoms with Crippen LogP contribution >= 0.6 is 0 Å². The van der Waals surface area contributed by atoms with Crippen LogP contribution in [0.1, 0.15) is 30.7 Å². The van der Waals surface area contributed by atoms with Crippen molar-refractivity contribution in [3.05, 3.63) is 35.4 Å².